The maximum atomic E-state index is 12.7. The highest BCUT2D eigenvalue weighted by Gasteiger charge is 2.70. The maximum Gasteiger partial charge on any atom is 0.417 e. The van der Waals surface area contributed by atoms with Crippen LogP contribution in [0.4, 0.5) is 0 Å². The number of aliphatic hydroxyl groups is 1. The topological polar surface area (TPSA) is 129 Å². The van der Waals surface area contributed by atoms with E-state index >= 15 is 0 Å². The number of benzene rings is 1. The van der Waals surface area contributed by atoms with Gasteiger partial charge in [-0.15, -0.1) is 0 Å². The molecular weight excluding hydrogens is 564 g/mol. The first-order valence-corrected chi connectivity index (χ1v) is 15.8. The fourth-order valence-electron chi connectivity index (χ4n) is 9.74. The number of esters is 3. The highest BCUT2D eigenvalue weighted by Crippen LogP contribution is 2.71. The average molecular weight is 607 g/mol. The molecule has 1 N–H and O–H groups in total. The van der Waals surface area contributed by atoms with E-state index in [1.54, 1.807) is 6.07 Å². The Morgan fingerprint density at radius 1 is 0.932 bits per heavy atom. The van der Waals surface area contributed by atoms with Crippen molar-refractivity contribution >= 4 is 17.9 Å². The molecule has 236 valence electrons. The lowest BCUT2D eigenvalue weighted by atomic mass is 9.43. The van der Waals surface area contributed by atoms with Crippen molar-refractivity contribution < 1.29 is 38.1 Å². The summed E-state index contributed by atoms with van der Waals surface area (Å²) in [6, 6.07) is 12.3. The van der Waals surface area contributed by atoms with E-state index in [1.807, 2.05) is 30.3 Å². The molecule has 2 aromatic rings. The molecule has 0 spiro atoms. The molecule has 1 aromatic carbocycles. The Hall–Kier alpha value is -3.46. The monoisotopic (exact) mass is 606 g/mol. The average Bonchev–Trinajstić information content (AvgIpc) is 3.22. The highest BCUT2D eigenvalue weighted by molar-refractivity contribution is 6.29. The summed E-state index contributed by atoms with van der Waals surface area (Å²) in [7, 11) is 0. The molecule has 4 aliphatic rings. The van der Waals surface area contributed by atoms with Crippen LogP contribution in [0.25, 0.3) is 0 Å². The van der Waals surface area contributed by atoms with E-state index in [0.717, 1.165) is 43.2 Å². The number of rotatable bonds is 5. The normalized spacial score (nSPS) is 37.5. The molecule has 44 heavy (non-hydrogen) atoms. The van der Waals surface area contributed by atoms with Gasteiger partial charge in [-0.2, -0.15) is 0 Å². The maximum absolute atomic E-state index is 12.7. The lowest BCUT2D eigenvalue weighted by Crippen LogP contribution is -2.62. The van der Waals surface area contributed by atoms with Gasteiger partial charge in [0.15, 0.2) is 0 Å². The first kappa shape index (κ1) is 30.6. The third kappa shape index (κ3) is 5.17. The summed E-state index contributed by atoms with van der Waals surface area (Å²) in [5.41, 5.74) is -0.604. The van der Waals surface area contributed by atoms with Gasteiger partial charge in [0, 0.05) is 30.7 Å². The zero-order valence-electron chi connectivity index (χ0n) is 25.7. The minimum Gasteiger partial charge on any atom is -0.462 e. The molecule has 4 fully saturated rings. The van der Waals surface area contributed by atoms with Gasteiger partial charge in [0.1, 0.15) is 18.8 Å². The van der Waals surface area contributed by atoms with E-state index in [2.05, 4.69) is 13.8 Å². The largest absolute Gasteiger partial charge is 0.462 e. The molecule has 0 unspecified atom stereocenters. The smallest absolute Gasteiger partial charge is 0.417 e. The summed E-state index contributed by atoms with van der Waals surface area (Å²) in [4.78, 5) is 48.8. The number of carbonyl (C=O) groups excluding carboxylic acids is 3. The molecule has 9 atom stereocenters. The van der Waals surface area contributed by atoms with Crippen molar-refractivity contribution in [2.75, 3.05) is 0 Å². The van der Waals surface area contributed by atoms with Crippen LogP contribution in [0.1, 0.15) is 89.2 Å². The molecule has 0 amide bonds. The van der Waals surface area contributed by atoms with Crippen LogP contribution in [0.15, 0.2) is 57.9 Å². The van der Waals surface area contributed by atoms with Gasteiger partial charge in [-0.05, 0) is 85.3 Å². The number of ether oxygens (including phenoxy) is 3. The number of hydrogen-bond acceptors (Lipinski definition) is 9. The Bertz CT molecular complexity index is 1450. The minimum absolute atomic E-state index is 0.00773. The molecule has 0 aliphatic heterocycles. The second kappa shape index (κ2) is 11.5. The first-order valence-electron chi connectivity index (χ1n) is 15.8. The number of carbonyl (C=O) groups is 3. The summed E-state index contributed by atoms with van der Waals surface area (Å²) in [6.07, 6.45) is 6.36. The Morgan fingerprint density at radius 3 is 2.41 bits per heavy atom. The molecule has 0 radical (unpaired) electrons. The summed E-state index contributed by atoms with van der Waals surface area (Å²) in [5.74, 6) is -2.08. The van der Waals surface area contributed by atoms with E-state index in [4.69, 9.17) is 18.6 Å². The Labute approximate surface area is 257 Å². The predicted molar refractivity (Wildman–Crippen MR) is 158 cm³/mol. The minimum atomic E-state index is -1.07. The predicted octanol–water partition coefficient (Wildman–Crippen LogP) is 5.08. The van der Waals surface area contributed by atoms with Crippen LogP contribution in [-0.4, -0.2) is 40.8 Å². The van der Waals surface area contributed by atoms with Crippen molar-refractivity contribution in [1.29, 1.82) is 0 Å². The van der Waals surface area contributed by atoms with Crippen LogP contribution in [-0.2, 0) is 35.2 Å². The number of fused-ring (bicyclic) bond motifs is 5. The van der Waals surface area contributed by atoms with Crippen LogP contribution in [0.2, 0.25) is 0 Å². The second-order valence-corrected chi connectivity index (χ2v) is 14.0. The van der Waals surface area contributed by atoms with E-state index in [1.165, 1.54) is 19.3 Å². The fourth-order valence-corrected chi connectivity index (χ4v) is 9.74. The molecule has 1 heterocycles. The van der Waals surface area contributed by atoms with Gasteiger partial charge in [0.25, 0.3) is 0 Å². The van der Waals surface area contributed by atoms with Crippen LogP contribution >= 0.6 is 0 Å². The third-order valence-electron chi connectivity index (χ3n) is 11.8. The summed E-state index contributed by atoms with van der Waals surface area (Å²) in [6.45, 7) is 5.82. The first-order chi connectivity index (χ1) is 20.9. The fraction of sp³-hybridized carbons (Fsp3) is 0.600. The van der Waals surface area contributed by atoms with Gasteiger partial charge in [-0.1, -0.05) is 44.2 Å². The quantitative estimate of drug-likeness (QED) is 0.281. The lowest BCUT2D eigenvalue weighted by Gasteiger charge is -2.63. The Kier molecular flexibility index (Phi) is 7.97. The summed E-state index contributed by atoms with van der Waals surface area (Å²) < 4.78 is 21.9. The molecule has 4 aliphatic carbocycles. The van der Waals surface area contributed by atoms with Crippen LogP contribution < -0.4 is 5.63 Å². The van der Waals surface area contributed by atoms with Crippen LogP contribution in [0, 0.1) is 28.6 Å². The molecule has 0 bridgehead atoms. The van der Waals surface area contributed by atoms with Gasteiger partial charge >= 0.3 is 23.5 Å². The molecule has 4 saturated carbocycles. The van der Waals surface area contributed by atoms with Gasteiger partial charge in [0.05, 0.1) is 11.9 Å². The summed E-state index contributed by atoms with van der Waals surface area (Å²) >= 11 is 0. The SMILES string of the molecule is CC(=O)O[C@H]1C[C@]2(O)[C@@H]3CC[C@@H]4C[C@@H](OC(=O)C(=O)OCc5ccccc5)CC[C@]4(C)[C@H]3CC[C@]2(C)[C@H]1c1ccc(=O)oc1. The van der Waals surface area contributed by atoms with Gasteiger partial charge in [-0.25, -0.2) is 14.4 Å². The summed E-state index contributed by atoms with van der Waals surface area (Å²) in [5, 5.41) is 12.7. The van der Waals surface area contributed by atoms with Crippen molar-refractivity contribution in [3.05, 3.63) is 70.3 Å². The number of hydrogen-bond donors (Lipinski definition) is 1. The van der Waals surface area contributed by atoms with E-state index in [9.17, 15) is 24.3 Å². The van der Waals surface area contributed by atoms with E-state index < -0.39 is 40.7 Å². The molecular formula is C35H42O9. The van der Waals surface area contributed by atoms with Crippen LogP contribution in [0.3, 0.4) is 0 Å². The molecule has 0 saturated heterocycles. The molecule has 9 heteroatoms. The van der Waals surface area contributed by atoms with Gasteiger partial charge in [0.2, 0.25) is 0 Å². The molecule has 1 aromatic heterocycles. The van der Waals surface area contributed by atoms with Gasteiger partial charge < -0.3 is 23.7 Å². The Balaban J connectivity index is 1.16. The standard InChI is InChI=1S/C35H42O9/c1-21(36)43-28-18-35(40)27-11-10-24-17-25(44-32(39)31(38)42-19-22-7-5-4-6-8-22)13-15-33(24,2)26(27)14-16-34(35,3)30(28)23-9-12-29(37)41-20-23/h4-9,12,20,24-28,30,40H,10-11,13-19H2,1-3H3/t24-,25+,26+,27-,28+,30+,33+,34-,35+/m1/s1. The lowest BCUT2D eigenvalue weighted by molar-refractivity contribution is -0.208. The molecule has 9 nitrogen and oxygen atoms in total. The van der Waals surface area contributed by atoms with Crippen molar-refractivity contribution in [2.24, 2.45) is 28.6 Å². The van der Waals surface area contributed by atoms with Crippen molar-refractivity contribution in [3.8, 4) is 0 Å². The zero-order chi connectivity index (χ0) is 31.3. The van der Waals surface area contributed by atoms with Crippen molar-refractivity contribution in [2.45, 2.75) is 102 Å². The second-order valence-electron chi connectivity index (χ2n) is 14.0. The Morgan fingerprint density at radius 2 is 1.70 bits per heavy atom. The highest BCUT2D eigenvalue weighted by atomic mass is 16.6. The van der Waals surface area contributed by atoms with Gasteiger partial charge in [-0.3, -0.25) is 4.79 Å². The van der Waals surface area contributed by atoms with E-state index in [-0.39, 0.29) is 41.8 Å². The zero-order valence-corrected chi connectivity index (χ0v) is 25.7. The molecule has 6 rings (SSSR count). The van der Waals surface area contributed by atoms with Crippen molar-refractivity contribution in [3.63, 3.8) is 0 Å². The van der Waals surface area contributed by atoms with Crippen LogP contribution in [0.5, 0.6) is 0 Å². The van der Waals surface area contributed by atoms with E-state index in [0.29, 0.717) is 19.3 Å². The van der Waals surface area contributed by atoms with Crippen molar-refractivity contribution in [1.82, 2.24) is 0 Å². The third-order valence-corrected chi connectivity index (χ3v) is 11.8.